The number of benzene rings is 1. The molecule has 1 aromatic rings. The molecule has 1 saturated carbocycles. The monoisotopic (exact) mass is 422 g/mol. The van der Waals surface area contributed by atoms with Crippen molar-refractivity contribution in [3.05, 3.63) is 34.9 Å². The Bertz CT molecular complexity index is 660. The zero-order valence-corrected chi connectivity index (χ0v) is 18.5. The second-order valence-corrected chi connectivity index (χ2v) is 8.50. The predicted molar refractivity (Wildman–Crippen MR) is 119 cm³/mol. The molecule has 2 N–H and O–H groups in total. The summed E-state index contributed by atoms with van der Waals surface area (Å²) in [6.07, 6.45) is 4.93. The van der Waals surface area contributed by atoms with Gasteiger partial charge in [-0.15, -0.1) is 0 Å². The molecule has 2 aliphatic rings. The first kappa shape index (κ1) is 22.3. The minimum absolute atomic E-state index is 0.178. The maximum atomic E-state index is 6.54. The molecule has 3 rings (SSSR count). The minimum Gasteiger partial charge on any atom is -0.385 e. The quantitative estimate of drug-likeness (QED) is 0.473. The highest BCUT2D eigenvalue weighted by Gasteiger charge is 2.36. The highest BCUT2D eigenvalue weighted by molar-refractivity contribution is 6.31. The highest BCUT2D eigenvalue weighted by atomic mass is 35.5. The van der Waals surface area contributed by atoms with E-state index in [2.05, 4.69) is 32.7 Å². The number of halogens is 1. The molecule has 7 heteroatoms. The van der Waals surface area contributed by atoms with Crippen LogP contribution >= 0.6 is 11.6 Å². The summed E-state index contributed by atoms with van der Waals surface area (Å²) in [6.45, 7) is 5.83. The normalized spacial score (nSPS) is 20.7. The number of ether oxygens (including phenoxy) is 2. The van der Waals surface area contributed by atoms with E-state index in [0.29, 0.717) is 5.41 Å². The Morgan fingerprint density at radius 3 is 2.66 bits per heavy atom. The second-order valence-electron chi connectivity index (χ2n) is 8.09. The molecular formula is C22H35ClN4O2. The van der Waals surface area contributed by atoms with E-state index in [1.807, 2.05) is 19.2 Å². The average molecular weight is 423 g/mol. The first-order chi connectivity index (χ1) is 14.2. The topological polar surface area (TPSA) is 58.1 Å². The van der Waals surface area contributed by atoms with Crippen LogP contribution in [0.1, 0.15) is 37.3 Å². The molecule has 29 heavy (non-hydrogen) atoms. The van der Waals surface area contributed by atoms with E-state index in [9.17, 15) is 0 Å². The summed E-state index contributed by atoms with van der Waals surface area (Å²) >= 11 is 6.54. The lowest BCUT2D eigenvalue weighted by Gasteiger charge is -2.42. The number of guanidine groups is 1. The van der Waals surface area contributed by atoms with Gasteiger partial charge in [-0.1, -0.05) is 36.2 Å². The fourth-order valence-corrected chi connectivity index (χ4v) is 4.53. The smallest absolute Gasteiger partial charge is 0.191 e. The number of methoxy groups -OCH3 is 1. The fraction of sp³-hybridized carbons (Fsp3) is 0.682. The van der Waals surface area contributed by atoms with Gasteiger partial charge in [-0.3, -0.25) is 9.89 Å². The molecular weight excluding hydrogens is 388 g/mol. The van der Waals surface area contributed by atoms with Crippen LogP contribution < -0.4 is 10.6 Å². The van der Waals surface area contributed by atoms with Gasteiger partial charge < -0.3 is 20.1 Å². The van der Waals surface area contributed by atoms with Gasteiger partial charge in [0.15, 0.2) is 5.96 Å². The number of morpholine rings is 1. The summed E-state index contributed by atoms with van der Waals surface area (Å²) in [5, 5.41) is 7.90. The Balaban J connectivity index is 1.60. The third-order valence-electron chi connectivity index (χ3n) is 6.32. The van der Waals surface area contributed by atoms with E-state index >= 15 is 0 Å². The van der Waals surface area contributed by atoms with Crippen molar-refractivity contribution < 1.29 is 9.47 Å². The van der Waals surface area contributed by atoms with Crippen molar-refractivity contribution >= 4 is 17.6 Å². The van der Waals surface area contributed by atoms with Crippen molar-refractivity contribution in [1.29, 1.82) is 0 Å². The third kappa shape index (κ3) is 6.07. The maximum Gasteiger partial charge on any atom is 0.191 e. The van der Waals surface area contributed by atoms with Gasteiger partial charge >= 0.3 is 0 Å². The van der Waals surface area contributed by atoms with Crippen molar-refractivity contribution in [3.8, 4) is 0 Å². The van der Waals surface area contributed by atoms with Crippen molar-refractivity contribution in [2.45, 2.75) is 31.7 Å². The minimum atomic E-state index is 0.178. The lowest BCUT2D eigenvalue weighted by Crippen LogP contribution is -2.49. The Morgan fingerprint density at radius 1 is 1.28 bits per heavy atom. The Morgan fingerprint density at radius 2 is 2.03 bits per heavy atom. The van der Waals surface area contributed by atoms with E-state index in [1.165, 1.54) is 19.3 Å². The summed E-state index contributed by atoms with van der Waals surface area (Å²) in [6, 6.07) is 8.30. The van der Waals surface area contributed by atoms with Gasteiger partial charge in [-0.2, -0.15) is 0 Å². The molecule has 0 amide bonds. The SMILES string of the molecule is CN=C(NCC(c1ccccc1Cl)N1CCOCC1)NCC1(CCOC)CCC1. The number of nitrogens with one attached hydrogen (secondary N) is 2. The number of aliphatic imine (C=N–C) groups is 1. The largest absolute Gasteiger partial charge is 0.385 e. The molecule has 0 radical (unpaired) electrons. The zero-order valence-electron chi connectivity index (χ0n) is 17.8. The number of nitrogens with zero attached hydrogens (tertiary/aromatic N) is 2. The lowest BCUT2D eigenvalue weighted by atomic mass is 9.67. The summed E-state index contributed by atoms with van der Waals surface area (Å²) in [7, 11) is 3.61. The average Bonchev–Trinajstić information content (AvgIpc) is 2.73. The predicted octanol–water partition coefficient (Wildman–Crippen LogP) is 3.09. The Hall–Kier alpha value is -1.34. The van der Waals surface area contributed by atoms with Gasteiger partial charge in [0.1, 0.15) is 0 Å². The van der Waals surface area contributed by atoms with Gasteiger partial charge in [0.25, 0.3) is 0 Å². The lowest BCUT2D eigenvalue weighted by molar-refractivity contribution is 0.0170. The molecule has 1 aliphatic carbocycles. The van der Waals surface area contributed by atoms with Crippen LogP contribution in [0, 0.1) is 5.41 Å². The molecule has 1 aromatic carbocycles. The Labute approximate surface area is 180 Å². The van der Waals surface area contributed by atoms with Gasteiger partial charge in [-0.25, -0.2) is 0 Å². The van der Waals surface area contributed by atoms with Gasteiger partial charge in [0, 0.05) is 52.0 Å². The van der Waals surface area contributed by atoms with Gasteiger partial charge in [-0.05, 0) is 36.3 Å². The summed E-state index contributed by atoms with van der Waals surface area (Å²) in [4.78, 5) is 6.89. The molecule has 1 aliphatic heterocycles. The van der Waals surface area contributed by atoms with Crippen LogP contribution in [0.5, 0.6) is 0 Å². The van der Waals surface area contributed by atoms with Crippen molar-refractivity contribution in [2.24, 2.45) is 10.4 Å². The van der Waals surface area contributed by atoms with Gasteiger partial charge in [0.05, 0.1) is 19.3 Å². The molecule has 1 atom stereocenters. The van der Waals surface area contributed by atoms with Crippen LogP contribution in [0.3, 0.4) is 0 Å². The molecule has 1 unspecified atom stereocenters. The summed E-state index contributed by atoms with van der Waals surface area (Å²) < 4.78 is 10.9. The van der Waals surface area contributed by atoms with E-state index in [-0.39, 0.29) is 6.04 Å². The molecule has 0 bridgehead atoms. The molecule has 1 saturated heterocycles. The van der Waals surface area contributed by atoms with Crippen LogP contribution in [0.15, 0.2) is 29.3 Å². The summed E-state index contributed by atoms with van der Waals surface area (Å²) in [5.41, 5.74) is 1.49. The first-order valence-electron chi connectivity index (χ1n) is 10.7. The first-order valence-corrected chi connectivity index (χ1v) is 11.0. The van der Waals surface area contributed by atoms with Crippen LogP contribution in [0.2, 0.25) is 5.02 Å². The number of rotatable bonds is 9. The van der Waals surface area contributed by atoms with E-state index < -0.39 is 0 Å². The molecule has 6 nitrogen and oxygen atoms in total. The van der Waals surface area contributed by atoms with Crippen LogP contribution in [0.4, 0.5) is 0 Å². The number of hydrogen-bond acceptors (Lipinski definition) is 4. The van der Waals surface area contributed by atoms with Crippen LogP contribution in [0.25, 0.3) is 0 Å². The van der Waals surface area contributed by atoms with E-state index in [1.54, 1.807) is 7.11 Å². The standard InChI is InChI=1S/C22H35ClN4O2/c1-24-21(26-17-22(8-5-9-22)10-13-28-2)25-16-20(27-11-14-29-15-12-27)18-6-3-4-7-19(18)23/h3-4,6-7,20H,5,8-17H2,1-2H3,(H2,24,25,26). The van der Waals surface area contributed by atoms with E-state index in [4.69, 9.17) is 21.1 Å². The Kier molecular flexibility index (Phi) is 8.60. The van der Waals surface area contributed by atoms with Crippen LogP contribution in [-0.4, -0.2) is 71.0 Å². The second kappa shape index (κ2) is 11.2. The molecule has 0 spiro atoms. The van der Waals surface area contributed by atoms with Crippen LogP contribution in [-0.2, 0) is 9.47 Å². The maximum absolute atomic E-state index is 6.54. The number of hydrogen-bond donors (Lipinski definition) is 2. The fourth-order valence-electron chi connectivity index (χ4n) is 4.27. The molecule has 2 fully saturated rings. The molecule has 162 valence electrons. The van der Waals surface area contributed by atoms with Gasteiger partial charge in [0.2, 0.25) is 0 Å². The van der Waals surface area contributed by atoms with Crippen molar-refractivity contribution in [1.82, 2.24) is 15.5 Å². The van der Waals surface area contributed by atoms with E-state index in [0.717, 1.165) is 69.0 Å². The summed E-state index contributed by atoms with van der Waals surface area (Å²) in [5.74, 6) is 0.846. The molecule has 0 aromatic heterocycles. The van der Waals surface area contributed by atoms with Crippen molar-refractivity contribution in [3.63, 3.8) is 0 Å². The highest BCUT2D eigenvalue weighted by Crippen LogP contribution is 2.43. The molecule has 1 heterocycles. The third-order valence-corrected chi connectivity index (χ3v) is 6.66. The van der Waals surface area contributed by atoms with Crippen molar-refractivity contribution in [2.75, 3.05) is 60.2 Å². The zero-order chi connectivity index (χ0) is 20.5.